The lowest BCUT2D eigenvalue weighted by Gasteiger charge is -2.33. The molecule has 0 saturated carbocycles. The first-order valence-corrected chi connectivity index (χ1v) is 10.1. The summed E-state index contributed by atoms with van der Waals surface area (Å²) in [5.74, 6) is 0.0564. The standard InChI is InChI=1S/C18H22FN3O4S/c1-14(17-3-2-12-26-17)20-18(23)13-21-8-10-22(11-9-21)27(24,25)16-6-4-15(19)5-7-16/h2-7,12,14H,8-11,13H2,1H3,(H,20,23)/t14-/m0/s1. The van der Waals surface area contributed by atoms with Crippen LogP contribution in [0.2, 0.25) is 0 Å². The van der Waals surface area contributed by atoms with Crippen molar-refractivity contribution in [3.05, 3.63) is 54.2 Å². The van der Waals surface area contributed by atoms with Gasteiger partial charge in [-0.15, -0.1) is 0 Å². The van der Waals surface area contributed by atoms with Crippen LogP contribution < -0.4 is 5.32 Å². The Morgan fingerprint density at radius 2 is 1.85 bits per heavy atom. The molecule has 0 radical (unpaired) electrons. The van der Waals surface area contributed by atoms with E-state index in [2.05, 4.69) is 5.32 Å². The van der Waals surface area contributed by atoms with E-state index >= 15 is 0 Å². The number of halogens is 1. The number of hydrogen-bond acceptors (Lipinski definition) is 5. The molecule has 1 N–H and O–H groups in total. The molecule has 1 amide bonds. The van der Waals surface area contributed by atoms with E-state index in [9.17, 15) is 17.6 Å². The van der Waals surface area contributed by atoms with Crippen molar-refractivity contribution in [3.8, 4) is 0 Å². The van der Waals surface area contributed by atoms with Crippen molar-refractivity contribution in [1.82, 2.24) is 14.5 Å². The van der Waals surface area contributed by atoms with Gasteiger partial charge in [-0.3, -0.25) is 9.69 Å². The summed E-state index contributed by atoms with van der Waals surface area (Å²) in [6.07, 6.45) is 1.55. The number of amides is 1. The van der Waals surface area contributed by atoms with E-state index in [4.69, 9.17) is 4.42 Å². The normalized spacial score (nSPS) is 17.6. The minimum atomic E-state index is -3.65. The predicted octanol–water partition coefficient (Wildman–Crippen LogP) is 1.60. The number of sulfonamides is 1. The van der Waals surface area contributed by atoms with Gasteiger partial charge in [-0.05, 0) is 43.3 Å². The molecule has 1 atom stereocenters. The first kappa shape index (κ1) is 19.5. The molecule has 0 bridgehead atoms. The van der Waals surface area contributed by atoms with Crippen LogP contribution in [0.3, 0.4) is 0 Å². The Bertz CT molecular complexity index is 861. The van der Waals surface area contributed by atoms with E-state index in [-0.39, 0.29) is 36.5 Å². The summed E-state index contributed by atoms with van der Waals surface area (Å²) < 4.78 is 44.8. The molecule has 3 rings (SSSR count). The van der Waals surface area contributed by atoms with Crippen molar-refractivity contribution >= 4 is 15.9 Å². The van der Waals surface area contributed by atoms with Crippen LogP contribution in [-0.4, -0.2) is 56.3 Å². The summed E-state index contributed by atoms with van der Waals surface area (Å²) in [6.45, 7) is 3.48. The van der Waals surface area contributed by atoms with Crippen molar-refractivity contribution in [2.45, 2.75) is 17.9 Å². The summed E-state index contributed by atoms with van der Waals surface area (Å²) in [4.78, 5) is 14.2. The lowest BCUT2D eigenvalue weighted by molar-refractivity contribution is -0.123. The molecule has 27 heavy (non-hydrogen) atoms. The Morgan fingerprint density at radius 3 is 2.44 bits per heavy atom. The highest BCUT2D eigenvalue weighted by atomic mass is 32.2. The van der Waals surface area contributed by atoms with Crippen LogP contribution in [0.4, 0.5) is 4.39 Å². The van der Waals surface area contributed by atoms with E-state index in [0.29, 0.717) is 18.8 Å². The highest BCUT2D eigenvalue weighted by Crippen LogP contribution is 2.18. The smallest absolute Gasteiger partial charge is 0.243 e. The van der Waals surface area contributed by atoms with Gasteiger partial charge >= 0.3 is 0 Å². The van der Waals surface area contributed by atoms with Gasteiger partial charge in [0.1, 0.15) is 11.6 Å². The average Bonchev–Trinajstić information content (AvgIpc) is 3.17. The van der Waals surface area contributed by atoms with Gasteiger partial charge in [0.2, 0.25) is 15.9 Å². The van der Waals surface area contributed by atoms with Crippen molar-refractivity contribution in [1.29, 1.82) is 0 Å². The number of carbonyl (C=O) groups excluding carboxylic acids is 1. The SMILES string of the molecule is C[C@H](NC(=O)CN1CCN(S(=O)(=O)c2ccc(F)cc2)CC1)c1ccco1. The lowest BCUT2D eigenvalue weighted by atomic mass is 10.2. The van der Waals surface area contributed by atoms with Gasteiger partial charge < -0.3 is 9.73 Å². The molecule has 1 fully saturated rings. The fourth-order valence-corrected chi connectivity index (χ4v) is 4.40. The topological polar surface area (TPSA) is 82.9 Å². The van der Waals surface area contributed by atoms with Crippen LogP contribution in [0.1, 0.15) is 18.7 Å². The zero-order valence-electron chi connectivity index (χ0n) is 15.0. The second kappa shape index (κ2) is 8.20. The van der Waals surface area contributed by atoms with Crippen molar-refractivity contribution < 1.29 is 22.0 Å². The summed E-state index contributed by atoms with van der Waals surface area (Å²) in [7, 11) is -3.65. The summed E-state index contributed by atoms with van der Waals surface area (Å²) in [5, 5.41) is 2.86. The fraction of sp³-hybridized carbons (Fsp3) is 0.389. The quantitative estimate of drug-likeness (QED) is 0.803. The number of nitrogens with one attached hydrogen (secondary N) is 1. The molecule has 2 heterocycles. The lowest BCUT2D eigenvalue weighted by Crippen LogP contribution is -2.51. The minimum Gasteiger partial charge on any atom is -0.467 e. The van der Waals surface area contributed by atoms with Crippen LogP contribution in [0.5, 0.6) is 0 Å². The molecule has 1 saturated heterocycles. The zero-order valence-corrected chi connectivity index (χ0v) is 15.8. The largest absolute Gasteiger partial charge is 0.467 e. The third-order valence-corrected chi connectivity index (χ3v) is 6.41. The summed E-state index contributed by atoms with van der Waals surface area (Å²) in [6, 6.07) is 8.12. The van der Waals surface area contributed by atoms with Crippen molar-refractivity contribution in [2.24, 2.45) is 0 Å². The third-order valence-electron chi connectivity index (χ3n) is 4.50. The van der Waals surface area contributed by atoms with Crippen molar-refractivity contribution in [2.75, 3.05) is 32.7 Å². The molecule has 1 aliphatic heterocycles. The number of hydrogen-bond donors (Lipinski definition) is 1. The third kappa shape index (κ3) is 4.74. The Morgan fingerprint density at radius 1 is 1.19 bits per heavy atom. The van der Waals surface area contributed by atoms with Gasteiger partial charge in [-0.25, -0.2) is 12.8 Å². The van der Waals surface area contributed by atoms with E-state index in [1.165, 1.54) is 16.4 Å². The molecule has 1 aromatic heterocycles. The van der Waals surface area contributed by atoms with Gasteiger partial charge in [0.25, 0.3) is 0 Å². The van der Waals surface area contributed by atoms with Gasteiger partial charge in [0, 0.05) is 26.2 Å². The predicted molar refractivity (Wildman–Crippen MR) is 96.9 cm³/mol. The number of benzene rings is 1. The van der Waals surface area contributed by atoms with Gasteiger partial charge in [-0.1, -0.05) is 0 Å². The van der Waals surface area contributed by atoms with Crippen LogP contribution >= 0.6 is 0 Å². The molecule has 0 spiro atoms. The zero-order chi connectivity index (χ0) is 19.4. The van der Waals surface area contributed by atoms with Gasteiger partial charge in [-0.2, -0.15) is 4.31 Å². The van der Waals surface area contributed by atoms with E-state index in [0.717, 1.165) is 12.1 Å². The molecule has 146 valence electrons. The molecule has 0 aliphatic carbocycles. The van der Waals surface area contributed by atoms with Crippen LogP contribution in [0.25, 0.3) is 0 Å². The molecule has 9 heteroatoms. The van der Waals surface area contributed by atoms with Crippen LogP contribution in [-0.2, 0) is 14.8 Å². The van der Waals surface area contributed by atoms with E-state index in [1.807, 2.05) is 11.8 Å². The maximum Gasteiger partial charge on any atom is 0.243 e. The Kier molecular flexibility index (Phi) is 5.93. The molecule has 1 aromatic carbocycles. The second-order valence-electron chi connectivity index (χ2n) is 6.44. The Labute approximate surface area is 157 Å². The number of piperazine rings is 1. The van der Waals surface area contributed by atoms with E-state index < -0.39 is 15.8 Å². The first-order chi connectivity index (χ1) is 12.9. The second-order valence-corrected chi connectivity index (χ2v) is 8.38. The maximum atomic E-state index is 13.0. The molecular formula is C18H22FN3O4S. The number of carbonyl (C=O) groups is 1. The van der Waals surface area contributed by atoms with Crippen LogP contribution in [0, 0.1) is 5.82 Å². The summed E-state index contributed by atoms with van der Waals surface area (Å²) in [5.41, 5.74) is 0. The summed E-state index contributed by atoms with van der Waals surface area (Å²) >= 11 is 0. The molecule has 1 aliphatic rings. The minimum absolute atomic E-state index is 0.0716. The molecule has 0 unspecified atom stereocenters. The van der Waals surface area contributed by atoms with Gasteiger partial charge in [0.15, 0.2) is 0 Å². The average molecular weight is 395 g/mol. The maximum absolute atomic E-state index is 13.0. The van der Waals surface area contributed by atoms with Crippen molar-refractivity contribution in [3.63, 3.8) is 0 Å². The number of nitrogens with zero attached hydrogens (tertiary/aromatic N) is 2. The van der Waals surface area contributed by atoms with Gasteiger partial charge in [0.05, 0.1) is 23.7 Å². The molecule has 2 aromatic rings. The molecule has 7 nitrogen and oxygen atoms in total. The van der Waals surface area contributed by atoms with Crippen LogP contribution in [0.15, 0.2) is 52.0 Å². The fourth-order valence-electron chi connectivity index (χ4n) is 2.98. The highest BCUT2D eigenvalue weighted by Gasteiger charge is 2.29. The monoisotopic (exact) mass is 395 g/mol. The Hall–Kier alpha value is -2.23. The Balaban J connectivity index is 1.51. The molecular weight excluding hydrogens is 373 g/mol. The highest BCUT2D eigenvalue weighted by molar-refractivity contribution is 7.89. The number of furan rings is 1. The van der Waals surface area contributed by atoms with E-state index in [1.54, 1.807) is 18.4 Å². The first-order valence-electron chi connectivity index (χ1n) is 8.67. The number of rotatable bonds is 6.